The van der Waals surface area contributed by atoms with E-state index < -0.39 is 15.7 Å². The van der Waals surface area contributed by atoms with Gasteiger partial charge in [0.2, 0.25) is 14.9 Å². The molecule has 0 aliphatic heterocycles. The molecule has 1 atom stereocenters. The van der Waals surface area contributed by atoms with Gasteiger partial charge in [-0.05, 0) is 62.1 Å². The highest BCUT2D eigenvalue weighted by Crippen LogP contribution is 2.26. The van der Waals surface area contributed by atoms with Crippen LogP contribution in [0.2, 0.25) is 5.02 Å². The van der Waals surface area contributed by atoms with Crippen LogP contribution in [0.4, 0.5) is 0 Å². The number of hydrogen-bond acceptors (Lipinski definition) is 5. The van der Waals surface area contributed by atoms with E-state index in [1.54, 1.807) is 18.2 Å². The molecule has 6 nitrogen and oxygen atoms in total. The fraction of sp³-hybridized carbons (Fsp3) is 0.190. The maximum Gasteiger partial charge on any atom is 0.287 e. The zero-order chi connectivity index (χ0) is 21.9. The van der Waals surface area contributed by atoms with Crippen molar-refractivity contribution in [3.63, 3.8) is 0 Å². The first-order valence-electron chi connectivity index (χ1n) is 8.99. The van der Waals surface area contributed by atoms with Crippen LogP contribution in [-0.4, -0.2) is 39.9 Å². The second-order valence-electron chi connectivity index (χ2n) is 6.79. The summed E-state index contributed by atoms with van der Waals surface area (Å²) in [6.07, 6.45) is 0. The third kappa shape index (κ3) is 4.95. The van der Waals surface area contributed by atoms with Crippen molar-refractivity contribution in [3.05, 3.63) is 81.5 Å². The summed E-state index contributed by atoms with van der Waals surface area (Å²) in [5.74, 6) is -0.589. The third-order valence-electron chi connectivity index (χ3n) is 4.54. The molecule has 0 spiro atoms. The summed E-state index contributed by atoms with van der Waals surface area (Å²) in [5, 5.41) is 3.10. The van der Waals surface area contributed by atoms with Crippen LogP contribution in [0.25, 0.3) is 0 Å². The van der Waals surface area contributed by atoms with Crippen LogP contribution in [0.15, 0.2) is 79.5 Å². The van der Waals surface area contributed by atoms with Gasteiger partial charge in [0.05, 0.1) is 10.9 Å². The van der Waals surface area contributed by atoms with E-state index in [1.165, 1.54) is 24.3 Å². The number of sulfone groups is 1. The lowest BCUT2D eigenvalue weighted by Crippen LogP contribution is -2.34. The van der Waals surface area contributed by atoms with Gasteiger partial charge in [0, 0.05) is 16.0 Å². The van der Waals surface area contributed by atoms with Crippen LogP contribution in [0.1, 0.15) is 22.2 Å². The number of carbonyl (C=O) groups is 1. The number of likely N-dealkylation sites (N-methyl/N-ethyl adjacent to an activating group) is 1. The number of nitrogens with zero attached hydrogens (tertiary/aromatic N) is 1. The standard InChI is InChI=1S/C21H20BrClN2O4S/c1-25(2)18(16-5-3-4-6-17(16)23)13-24-21(26)19-11-12-20(29-19)30(27,28)15-9-7-14(22)8-10-15/h3-12,18H,13H2,1-2H3,(H,24,26). The molecular formula is C21H20BrClN2O4S. The average Bonchev–Trinajstić information content (AvgIpc) is 3.20. The zero-order valence-electron chi connectivity index (χ0n) is 16.3. The zero-order valence-corrected chi connectivity index (χ0v) is 19.5. The lowest BCUT2D eigenvalue weighted by molar-refractivity contribution is 0.0909. The fourth-order valence-electron chi connectivity index (χ4n) is 2.91. The molecule has 0 aliphatic carbocycles. The molecule has 0 saturated carbocycles. The van der Waals surface area contributed by atoms with Crippen molar-refractivity contribution in [1.82, 2.24) is 10.2 Å². The molecule has 1 heterocycles. The first-order chi connectivity index (χ1) is 14.2. The molecule has 1 amide bonds. The Labute approximate surface area is 188 Å². The maximum atomic E-state index is 12.7. The number of amides is 1. The van der Waals surface area contributed by atoms with E-state index in [4.69, 9.17) is 16.0 Å². The summed E-state index contributed by atoms with van der Waals surface area (Å²) in [4.78, 5) is 14.6. The van der Waals surface area contributed by atoms with Gasteiger partial charge < -0.3 is 14.6 Å². The highest BCUT2D eigenvalue weighted by Gasteiger charge is 2.24. The van der Waals surface area contributed by atoms with E-state index in [2.05, 4.69) is 21.2 Å². The van der Waals surface area contributed by atoms with Gasteiger partial charge in [-0.3, -0.25) is 4.79 Å². The Balaban J connectivity index is 1.75. The predicted molar refractivity (Wildman–Crippen MR) is 119 cm³/mol. The molecule has 0 saturated heterocycles. The van der Waals surface area contributed by atoms with Crippen LogP contribution >= 0.6 is 27.5 Å². The molecule has 1 unspecified atom stereocenters. The van der Waals surface area contributed by atoms with Gasteiger partial charge >= 0.3 is 0 Å². The van der Waals surface area contributed by atoms with Crippen molar-refractivity contribution in [2.24, 2.45) is 0 Å². The molecule has 0 fully saturated rings. The summed E-state index contributed by atoms with van der Waals surface area (Å²) in [6, 6.07) is 16.1. The fourth-order valence-corrected chi connectivity index (χ4v) is 4.61. The minimum absolute atomic E-state index is 0.0812. The molecule has 1 N–H and O–H groups in total. The van der Waals surface area contributed by atoms with E-state index in [0.29, 0.717) is 5.02 Å². The predicted octanol–water partition coefficient (Wildman–Crippen LogP) is 4.56. The molecule has 2 aromatic carbocycles. The number of furan rings is 1. The molecule has 0 bridgehead atoms. The third-order valence-corrected chi connectivity index (χ3v) is 7.05. The quantitative estimate of drug-likeness (QED) is 0.503. The Morgan fingerprint density at radius 2 is 1.77 bits per heavy atom. The molecule has 30 heavy (non-hydrogen) atoms. The van der Waals surface area contributed by atoms with E-state index >= 15 is 0 Å². The lowest BCUT2D eigenvalue weighted by Gasteiger charge is -2.25. The Hall–Kier alpha value is -2.13. The van der Waals surface area contributed by atoms with Crippen molar-refractivity contribution >= 4 is 43.3 Å². The number of benzene rings is 2. The first-order valence-corrected chi connectivity index (χ1v) is 11.6. The summed E-state index contributed by atoms with van der Waals surface area (Å²) < 4.78 is 31.5. The van der Waals surface area contributed by atoms with Crippen LogP contribution in [0, 0.1) is 0 Å². The van der Waals surface area contributed by atoms with Crippen molar-refractivity contribution in [2.75, 3.05) is 20.6 Å². The van der Waals surface area contributed by atoms with Crippen molar-refractivity contribution in [2.45, 2.75) is 16.0 Å². The molecule has 3 rings (SSSR count). The first kappa shape index (κ1) is 22.6. The van der Waals surface area contributed by atoms with E-state index in [-0.39, 0.29) is 28.3 Å². The van der Waals surface area contributed by atoms with E-state index in [9.17, 15) is 13.2 Å². The largest absolute Gasteiger partial charge is 0.439 e. The van der Waals surface area contributed by atoms with Gasteiger partial charge in [-0.2, -0.15) is 0 Å². The van der Waals surface area contributed by atoms with Crippen LogP contribution in [0.3, 0.4) is 0 Å². The van der Waals surface area contributed by atoms with E-state index in [1.807, 2.05) is 37.2 Å². The van der Waals surface area contributed by atoms with Gasteiger partial charge in [0.25, 0.3) is 5.91 Å². The van der Waals surface area contributed by atoms with E-state index in [0.717, 1.165) is 10.0 Å². The second-order valence-corrected chi connectivity index (χ2v) is 9.99. The minimum Gasteiger partial charge on any atom is -0.439 e. The van der Waals surface area contributed by atoms with Crippen LogP contribution in [-0.2, 0) is 9.84 Å². The molecule has 3 aromatic rings. The van der Waals surface area contributed by atoms with Gasteiger partial charge in [-0.25, -0.2) is 8.42 Å². The smallest absolute Gasteiger partial charge is 0.287 e. The van der Waals surface area contributed by atoms with Gasteiger partial charge in [-0.1, -0.05) is 45.7 Å². The van der Waals surface area contributed by atoms with Crippen LogP contribution in [0.5, 0.6) is 0 Å². The second kappa shape index (κ2) is 9.34. The highest BCUT2D eigenvalue weighted by molar-refractivity contribution is 9.10. The highest BCUT2D eigenvalue weighted by atomic mass is 79.9. The summed E-state index contributed by atoms with van der Waals surface area (Å²) in [7, 11) is -0.0852. The SMILES string of the molecule is CN(C)C(CNC(=O)c1ccc(S(=O)(=O)c2ccc(Br)cc2)o1)c1ccccc1Cl. The van der Waals surface area contributed by atoms with Gasteiger partial charge in [0.15, 0.2) is 5.76 Å². The molecule has 158 valence electrons. The van der Waals surface area contributed by atoms with Crippen molar-refractivity contribution in [3.8, 4) is 0 Å². The summed E-state index contributed by atoms with van der Waals surface area (Å²) >= 11 is 9.56. The Morgan fingerprint density at radius 1 is 1.10 bits per heavy atom. The number of hydrogen-bond donors (Lipinski definition) is 1. The number of halogens is 2. The van der Waals surface area contributed by atoms with Gasteiger partial charge in [-0.15, -0.1) is 0 Å². The number of carbonyl (C=O) groups excluding carboxylic acids is 1. The molecule has 1 aromatic heterocycles. The number of rotatable bonds is 7. The van der Waals surface area contributed by atoms with Crippen molar-refractivity contribution in [1.29, 1.82) is 0 Å². The molecule has 0 aliphatic rings. The maximum absolute atomic E-state index is 12.7. The molecular weight excluding hydrogens is 492 g/mol. The minimum atomic E-state index is -3.85. The topological polar surface area (TPSA) is 79.6 Å². The Morgan fingerprint density at radius 3 is 2.40 bits per heavy atom. The van der Waals surface area contributed by atoms with Crippen molar-refractivity contribution < 1.29 is 17.6 Å². The summed E-state index contributed by atoms with van der Waals surface area (Å²) in [5.41, 5.74) is 0.877. The average molecular weight is 512 g/mol. The van der Waals surface area contributed by atoms with Gasteiger partial charge in [0.1, 0.15) is 0 Å². The Kier molecular flexibility index (Phi) is 7.02. The molecule has 0 radical (unpaired) electrons. The number of nitrogens with one attached hydrogen (secondary N) is 1. The normalized spacial score (nSPS) is 12.7. The Bertz CT molecular complexity index is 1140. The summed E-state index contributed by atoms with van der Waals surface area (Å²) in [6.45, 7) is 0.269. The lowest BCUT2D eigenvalue weighted by atomic mass is 10.1. The molecule has 9 heteroatoms. The van der Waals surface area contributed by atoms with Crippen LogP contribution < -0.4 is 5.32 Å². The monoisotopic (exact) mass is 510 g/mol.